The number of nitrogens with zero attached hydrogens (tertiary/aromatic N) is 1. The summed E-state index contributed by atoms with van der Waals surface area (Å²) in [4.78, 5) is 0. The first-order valence-electron chi connectivity index (χ1n) is 6.86. The molecule has 0 spiro atoms. The van der Waals surface area contributed by atoms with Crippen LogP contribution in [0.4, 0.5) is 0 Å². The molecule has 0 aliphatic rings. The zero-order valence-corrected chi connectivity index (χ0v) is 16.1. The van der Waals surface area contributed by atoms with Crippen molar-refractivity contribution in [3.63, 3.8) is 0 Å². The first-order chi connectivity index (χ1) is 8.62. The molecular weight excluding hydrogens is 282 g/mol. The molecule has 18 heavy (non-hydrogen) atoms. The summed E-state index contributed by atoms with van der Waals surface area (Å²) in [6.45, 7) is 15.3. The lowest BCUT2D eigenvalue weighted by Crippen LogP contribution is -2.59. The summed E-state index contributed by atoms with van der Waals surface area (Å²) in [5.74, 6) is 0. The van der Waals surface area contributed by atoms with Gasteiger partial charge in [0.05, 0.1) is 0 Å². The third kappa shape index (κ3) is 6.57. The van der Waals surface area contributed by atoms with E-state index in [0.29, 0.717) is 13.2 Å². The molecule has 2 atom stereocenters. The summed E-state index contributed by atoms with van der Waals surface area (Å²) in [5.41, 5.74) is 0. The molecule has 8 heteroatoms. The van der Waals surface area contributed by atoms with Crippen LogP contribution in [0.25, 0.3) is 0 Å². The van der Waals surface area contributed by atoms with Gasteiger partial charge in [0.25, 0.3) is 0 Å². The van der Waals surface area contributed by atoms with Gasteiger partial charge in [-0.1, -0.05) is 0 Å². The molecule has 5 nitrogen and oxygen atoms in total. The van der Waals surface area contributed by atoms with E-state index in [4.69, 9.17) is 17.7 Å². The van der Waals surface area contributed by atoms with Crippen LogP contribution >= 0.6 is 0 Å². The van der Waals surface area contributed by atoms with Crippen molar-refractivity contribution in [3.8, 4) is 0 Å². The van der Waals surface area contributed by atoms with Crippen molar-refractivity contribution < 1.29 is 17.7 Å². The van der Waals surface area contributed by atoms with Crippen molar-refractivity contribution in [1.82, 2.24) is 3.90 Å². The van der Waals surface area contributed by atoms with E-state index >= 15 is 0 Å². The first kappa shape index (κ1) is 18.5. The smallest absolute Gasteiger partial charge is 0.400 e. The minimum atomic E-state index is -1.82. The predicted octanol–water partition coefficient (Wildman–Crippen LogP) is 0.852. The molecule has 0 heterocycles. The predicted molar refractivity (Wildman–Crippen MR) is 81.5 cm³/mol. The fourth-order valence-electron chi connectivity index (χ4n) is 1.80. The van der Waals surface area contributed by atoms with E-state index in [1.165, 1.54) is 0 Å². The van der Waals surface area contributed by atoms with Gasteiger partial charge in [-0.25, -0.2) is 0 Å². The summed E-state index contributed by atoms with van der Waals surface area (Å²) in [7, 11) is -4.71. The molecule has 0 aromatic carbocycles. The second kappa shape index (κ2) is 11.3. The highest BCUT2D eigenvalue weighted by Gasteiger charge is 2.34. The van der Waals surface area contributed by atoms with Gasteiger partial charge in [-0.05, 0) is 40.8 Å². The Morgan fingerprint density at radius 2 is 1.00 bits per heavy atom. The van der Waals surface area contributed by atoms with Gasteiger partial charge in [0.15, 0.2) is 0 Å². The van der Waals surface area contributed by atoms with Crippen molar-refractivity contribution >= 4 is 27.8 Å². The van der Waals surface area contributed by atoms with Crippen molar-refractivity contribution in [1.29, 1.82) is 0 Å². The van der Waals surface area contributed by atoms with Gasteiger partial charge < -0.3 is 17.7 Å². The molecule has 2 unspecified atom stereocenters. The average Bonchev–Trinajstić information content (AvgIpc) is 2.30. The molecule has 0 fully saturated rings. The van der Waals surface area contributed by atoms with Gasteiger partial charge in [0.2, 0.25) is 18.4 Å². The van der Waals surface area contributed by atoms with Crippen molar-refractivity contribution in [3.05, 3.63) is 0 Å². The van der Waals surface area contributed by atoms with Gasteiger partial charge in [0.1, 0.15) is 0 Å². The Morgan fingerprint density at radius 1 is 0.667 bits per heavy atom. The molecule has 0 radical (unpaired) electrons. The summed E-state index contributed by atoms with van der Waals surface area (Å²) in [6, 6.07) is 0. The van der Waals surface area contributed by atoms with Crippen LogP contribution in [0.2, 0.25) is 13.1 Å². The Hall–Kier alpha value is 0.451. The maximum atomic E-state index is 5.84. The standard InChI is InChI=1S/C10H29NO4Si3/c1-7-12-16(5)11(17(6)13-8-2)18(14-9-3)15-10-4/h16-18H,7-10H2,1-6H3. The molecule has 0 aliphatic heterocycles. The first-order valence-corrected chi connectivity index (χ1v) is 12.6. The van der Waals surface area contributed by atoms with E-state index in [2.05, 4.69) is 17.0 Å². The molecule has 0 rings (SSSR count). The van der Waals surface area contributed by atoms with Crippen LogP contribution in [0, 0.1) is 0 Å². The van der Waals surface area contributed by atoms with Gasteiger partial charge >= 0.3 is 9.45 Å². The molecule has 0 bridgehead atoms. The Kier molecular flexibility index (Phi) is 11.6. The van der Waals surface area contributed by atoms with Crippen LogP contribution in [-0.4, -0.2) is 58.2 Å². The van der Waals surface area contributed by atoms with Crippen molar-refractivity contribution in [2.45, 2.75) is 40.8 Å². The zero-order valence-electron chi connectivity index (χ0n) is 12.6. The quantitative estimate of drug-likeness (QED) is 0.529. The van der Waals surface area contributed by atoms with E-state index < -0.39 is 27.8 Å². The summed E-state index contributed by atoms with van der Waals surface area (Å²) >= 11 is 0. The topological polar surface area (TPSA) is 40.2 Å². The van der Waals surface area contributed by atoms with Crippen LogP contribution < -0.4 is 0 Å². The molecule has 0 amide bonds. The Morgan fingerprint density at radius 3 is 1.28 bits per heavy atom. The van der Waals surface area contributed by atoms with Gasteiger partial charge in [0, 0.05) is 26.4 Å². The van der Waals surface area contributed by atoms with Crippen molar-refractivity contribution in [2.24, 2.45) is 0 Å². The third-order valence-electron chi connectivity index (χ3n) is 2.52. The van der Waals surface area contributed by atoms with E-state index in [0.717, 1.165) is 13.2 Å². The molecule has 0 aliphatic carbocycles. The molecule has 0 saturated carbocycles. The average molecular weight is 312 g/mol. The Balaban J connectivity index is 4.76. The van der Waals surface area contributed by atoms with Crippen LogP contribution in [0.15, 0.2) is 0 Å². The van der Waals surface area contributed by atoms with Crippen LogP contribution in [0.3, 0.4) is 0 Å². The molecule has 110 valence electrons. The highest BCUT2D eigenvalue weighted by atomic mass is 28.4. The highest BCUT2D eigenvalue weighted by Crippen LogP contribution is 2.09. The fourth-order valence-corrected chi connectivity index (χ4v) is 11.3. The number of rotatable bonds is 11. The Bertz CT molecular complexity index is 184. The maximum Gasteiger partial charge on any atom is 0.400 e. The second-order valence-corrected chi connectivity index (χ2v) is 11.7. The van der Waals surface area contributed by atoms with E-state index in [9.17, 15) is 0 Å². The van der Waals surface area contributed by atoms with Gasteiger partial charge in [-0.2, -0.15) is 0 Å². The molecule has 0 aromatic heterocycles. The monoisotopic (exact) mass is 311 g/mol. The lowest BCUT2D eigenvalue weighted by Gasteiger charge is -2.36. The largest absolute Gasteiger partial charge is 0.407 e. The number of hydrogen-bond acceptors (Lipinski definition) is 5. The van der Waals surface area contributed by atoms with Crippen LogP contribution in [-0.2, 0) is 17.7 Å². The minimum absolute atomic E-state index is 0.688. The van der Waals surface area contributed by atoms with Crippen molar-refractivity contribution in [2.75, 3.05) is 26.4 Å². The maximum absolute atomic E-state index is 5.84. The van der Waals surface area contributed by atoms with E-state index in [1.807, 2.05) is 27.7 Å². The van der Waals surface area contributed by atoms with Crippen LogP contribution in [0.1, 0.15) is 27.7 Å². The van der Waals surface area contributed by atoms with E-state index in [1.54, 1.807) is 0 Å². The zero-order chi connectivity index (χ0) is 14.0. The summed E-state index contributed by atoms with van der Waals surface area (Å²) in [6.07, 6.45) is 0. The lowest BCUT2D eigenvalue weighted by molar-refractivity contribution is 0.180. The summed E-state index contributed by atoms with van der Waals surface area (Å²) in [5, 5.41) is 0. The highest BCUT2D eigenvalue weighted by molar-refractivity contribution is 6.78. The number of hydrogen-bond donors (Lipinski definition) is 0. The second-order valence-electron chi connectivity index (χ2n) is 3.77. The normalized spacial score (nSPS) is 15.3. The molecule has 0 N–H and O–H groups in total. The van der Waals surface area contributed by atoms with Gasteiger partial charge in [-0.3, -0.25) is 3.90 Å². The van der Waals surface area contributed by atoms with E-state index in [-0.39, 0.29) is 0 Å². The fraction of sp³-hybridized carbons (Fsp3) is 1.00. The molecule has 0 aromatic rings. The lowest BCUT2D eigenvalue weighted by atomic mass is 10.9. The van der Waals surface area contributed by atoms with Crippen LogP contribution in [0.5, 0.6) is 0 Å². The summed E-state index contributed by atoms with van der Waals surface area (Å²) < 4.78 is 25.7. The Labute approximate surface area is 117 Å². The van der Waals surface area contributed by atoms with Gasteiger partial charge in [-0.15, -0.1) is 0 Å². The minimum Gasteiger partial charge on any atom is -0.407 e. The SMILES string of the molecule is CCO[SiH](C)N([SiH](C)OCC)[SiH](OCC)OCC. The molecule has 0 saturated heterocycles. The molecular formula is C10H29NO4Si3. The third-order valence-corrected chi connectivity index (χ3v) is 14.1.